The summed E-state index contributed by atoms with van der Waals surface area (Å²) in [5.41, 5.74) is 1.02. The van der Waals surface area contributed by atoms with E-state index in [-0.39, 0.29) is 12.2 Å². The Morgan fingerprint density at radius 3 is 2.00 bits per heavy atom. The van der Waals surface area contributed by atoms with E-state index in [1.54, 1.807) is 0 Å². The lowest BCUT2D eigenvalue weighted by molar-refractivity contribution is -0.137. The van der Waals surface area contributed by atoms with E-state index in [1.165, 1.54) is 12.1 Å². The van der Waals surface area contributed by atoms with Crippen LogP contribution in [-0.2, 0) is 10.9 Å². The molecule has 116 valence electrons. The molecule has 0 spiro atoms. The normalized spacial score (nSPS) is 17.0. The molecule has 1 N–H and O–H groups in total. The zero-order valence-electron chi connectivity index (χ0n) is 11.8. The van der Waals surface area contributed by atoms with Crippen LogP contribution >= 0.6 is 0 Å². The molecule has 1 fully saturated rings. The van der Waals surface area contributed by atoms with Crippen LogP contribution < -0.4 is 5.32 Å². The average molecular weight is 307 g/mol. The SMILES string of the molecule is FC(F)(F)c1ccc(C(OC2CNC2)c2ccccc2)cc1. The highest BCUT2D eigenvalue weighted by molar-refractivity contribution is 5.33. The predicted molar refractivity (Wildman–Crippen MR) is 77.5 cm³/mol. The van der Waals surface area contributed by atoms with Crippen molar-refractivity contribution in [2.75, 3.05) is 13.1 Å². The third-order valence-electron chi connectivity index (χ3n) is 3.72. The van der Waals surface area contributed by atoms with E-state index in [1.807, 2.05) is 30.3 Å². The van der Waals surface area contributed by atoms with Gasteiger partial charge in [-0.15, -0.1) is 0 Å². The Balaban J connectivity index is 1.88. The molecule has 2 nitrogen and oxygen atoms in total. The van der Waals surface area contributed by atoms with Crippen molar-refractivity contribution < 1.29 is 17.9 Å². The molecular formula is C17H16F3NO. The maximum absolute atomic E-state index is 12.7. The Kier molecular flexibility index (Phi) is 4.18. The van der Waals surface area contributed by atoms with Gasteiger partial charge in [0.05, 0.1) is 11.7 Å². The van der Waals surface area contributed by atoms with Gasteiger partial charge in [-0.2, -0.15) is 13.2 Å². The van der Waals surface area contributed by atoms with Crippen molar-refractivity contribution in [1.82, 2.24) is 5.32 Å². The van der Waals surface area contributed by atoms with Gasteiger partial charge in [-0.25, -0.2) is 0 Å². The fourth-order valence-electron chi connectivity index (χ4n) is 2.38. The number of alkyl halides is 3. The van der Waals surface area contributed by atoms with Gasteiger partial charge in [0.15, 0.2) is 0 Å². The molecule has 22 heavy (non-hydrogen) atoms. The van der Waals surface area contributed by atoms with Gasteiger partial charge < -0.3 is 10.1 Å². The maximum Gasteiger partial charge on any atom is 0.416 e. The Bertz CT molecular complexity index is 606. The predicted octanol–water partition coefficient (Wildman–Crippen LogP) is 3.78. The second-order valence-electron chi connectivity index (χ2n) is 5.33. The van der Waals surface area contributed by atoms with Crippen molar-refractivity contribution in [2.45, 2.75) is 18.4 Å². The summed E-state index contributed by atoms with van der Waals surface area (Å²) in [6.07, 6.45) is -4.58. The second kappa shape index (κ2) is 6.10. The monoisotopic (exact) mass is 307 g/mol. The smallest absolute Gasteiger partial charge is 0.363 e. The summed E-state index contributed by atoms with van der Waals surface area (Å²) in [4.78, 5) is 0. The van der Waals surface area contributed by atoms with Gasteiger partial charge in [0, 0.05) is 13.1 Å². The van der Waals surface area contributed by atoms with Crippen LogP contribution in [0.2, 0.25) is 0 Å². The number of benzene rings is 2. The molecule has 1 atom stereocenters. The number of rotatable bonds is 4. The highest BCUT2D eigenvalue weighted by atomic mass is 19.4. The number of nitrogens with one attached hydrogen (secondary N) is 1. The molecule has 0 aliphatic carbocycles. The lowest BCUT2D eigenvalue weighted by Gasteiger charge is -2.32. The zero-order chi connectivity index (χ0) is 15.6. The molecule has 1 aliphatic rings. The number of ether oxygens (including phenoxy) is 1. The zero-order valence-corrected chi connectivity index (χ0v) is 11.8. The fraction of sp³-hybridized carbons (Fsp3) is 0.294. The van der Waals surface area contributed by atoms with Gasteiger partial charge in [-0.1, -0.05) is 42.5 Å². The van der Waals surface area contributed by atoms with E-state index in [0.29, 0.717) is 0 Å². The first-order valence-corrected chi connectivity index (χ1v) is 7.12. The highest BCUT2D eigenvalue weighted by Gasteiger charge is 2.31. The van der Waals surface area contributed by atoms with Crippen molar-refractivity contribution in [3.63, 3.8) is 0 Å². The summed E-state index contributed by atoms with van der Waals surface area (Å²) in [5, 5.41) is 3.12. The third kappa shape index (κ3) is 3.31. The van der Waals surface area contributed by atoms with Crippen molar-refractivity contribution in [2.24, 2.45) is 0 Å². The third-order valence-corrected chi connectivity index (χ3v) is 3.72. The van der Waals surface area contributed by atoms with Crippen LogP contribution in [0, 0.1) is 0 Å². The molecule has 0 bridgehead atoms. The van der Waals surface area contributed by atoms with E-state index in [9.17, 15) is 13.2 Å². The Hall–Kier alpha value is -1.85. The summed E-state index contributed by atoms with van der Waals surface area (Å²) < 4.78 is 44.1. The minimum Gasteiger partial charge on any atom is -0.363 e. The molecule has 1 unspecified atom stereocenters. The number of halogens is 3. The molecule has 1 aliphatic heterocycles. The van der Waals surface area contributed by atoms with Crippen molar-refractivity contribution in [3.8, 4) is 0 Å². The number of hydrogen-bond donors (Lipinski definition) is 1. The lowest BCUT2D eigenvalue weighted by Crippen LogP contribution is -2.49. The topological polar surface area (TPSA) is 21.3 Å². The van der Waals surface area contributed by atoms with Crippen molar-refractivity contribution in [3.05, 3.63) is 71.3 Å². The molecule has 0 amide bonds. The molecule has 2 aromatic rings. The minimum atomic E-state index is -4.32. The van der Waals surface area contributed by atoms with E-state index in [4.69, 9.17) is 4.74 Å². The van der Waals surface area contributed by atoms with E-state index < -0.39 is 11.7 Å². The molecule has 3 rings (SSSR count). The van der Waals surface area contributed by atoms with Crippen LogP contribution in [0.1, 0.15) is 22.8 Å². The summed E-state index contributed by atoms with van der Waals surface area (Å²) in [5.74, 6) is 0. The van der Waals surface area contributed by atoms with Crippen molar-refractivity contribution in [1.29, 1.82) is 0 Å². The van der Waals surface area contributed by atoms with Gasteiger partial charge in [0.2, 0.25) is 0 Å². The van der Waals surface area contributed by atoms with Gasteiger partial charge >= 0.3 is 6.18 Å². The highest BCUT2D eigenvalue weighted by Crippen LogP contribution is 2.32. The van der Waals surface area contributed by atoms with Gasteiger partial charge in [-0.05, 0) is 23.3 Å². The Labute approximate surface area is 126 Å². The van der Waals surface area contributed by atoms with Gasteiger partial charge in [0.25, 0.3) is 0 Å². The van der Waals surface area contributed by atoms with Gasteiger partial charge in [0.1, 0.15) is 6.10 Å². The summed E-state index contributed by atoms with van der Waals surface area (Å²) >= 11 is 0. The van der Waals surface area contributed by atoms with Crippen molar-refractivity contribution >= 4 is 0 Å². The van der Waals surface area contributed by atoms with Crippen LogP contribution in [0.3, 0.4) is 0 Å². The molecule has 2 aromatic carbocycles. The second-order valence-corrected chi connectivity index (χ2v) is 5.33. The molecule has 1 heterocycles. The summed E-state index contributed by atoms with van der Waals surface area (Å²) in [6.45, 7) is 1.54. The first-order valence-electron chi connectivity index (χ1n) is 7.12. The summed E-state index contributed by atoms with van der Waals surface area (Å²) in [7, 11) is 0. The summed E-state index contributed by atoms with van der Waals surface area (Å²) in [6, 6.07) is 14.7. The Morgan fingerprint density at radius 1 is 0.909 bits per heavy atom. The molecule has 1 saturated heterocycles. The van der Waals surface area contributed by atoms with Crippen LogP contribution in [0.5, 0.6) is 0 Å². The van der Waals surface area contributed by atoms with Crippen LogP contribution in [-0.4, -0.2) is 19.2 Å². The van der Waals surface area contributed by atoms with Crippen LogP contribution in [0.15, 0.2) is 54.6 Å². The first-order chi connectivity index (χ1) is 10.5. The van der Waals surface area contributed by atoms with Crippen LogP contribution in [0.4, 0.5) is 13.2 Å². The van der Waals surface area contributed by atoms with Crippen LogP contribution in [0.25, 0.3) is 0 Å². The standard InChI is InChI=1S/C17H16F3NO/c18-17(19,20)14-8-6-13(7-9-14)16(22-15-10-21-11-15)12-4-2-1-3-5-12/h1-9,15-16,21H,10-11H2. The minimum absolute atomic E-state index is 0.0903. The maximum atomic E-state index is 12.7. The molecular weight excluding hydrogens is 291 g/mol. The largest absolute Gasteiger partial charge is 0.416 e. The lowest BCUT2D eigenvalue weighted by atomic mass is 9.99. The quantitative estimate of drug-likeness (QED) is 0.928. The van der Waals surface area contributed by atoms with E-state index in [2.05, 4.69) is 5.32 Å². The van der Waals surface area contributed by atoms with E-state index >= 15 is 0 Å². The molecule has 5 heteroatoms. The molecule has 0 aromatic heterocycles. The molecule has 0 radical (unpaired) electrons. The average Bonchev–Trinajstić information content (AvgIpc) is 2.46. The first kappa shape index (κ1) is 15.1. The number of hydrogen-bond acceptors (Lipinski definition) is 2. The van der Waals surface area contributed by atoms with E-state index in [0.717, 1.165) is 36.3 Å². The molecule has 0 saturated carbocycles. The Morgan fingerprint density at radius 2 is 1.50 bits per heavy atom. The fourth-order valence-corrected chi connectivity index (χ4v) is 2.38. The van der Waals surface area contributed by atoms with Gasteiger partial charge in [-0.3, -0.25) is 0 Å².